The van der Waals surface area contributed by atoms with E-state index in [-0.39, 0.29) is 57.0 Å². The molecule has 1 amide bonds. The van der Waals surface area contributed by atoms with Gasteiger partial charge in [0.1, 0.15) is 0 Å². The van der Waals surface area contributed by atoms with Crippen molar-refractivity contribution in [1.82, 2.24) is 5.32 Å². The molecule has 0 aliphatic carbocycles. The second kappa shape index (κ2) is 6.28. The van der Waals surface area contributed by atoms with Gasteiger partial charge in [-0.3, -0.25) is 9.35 Å². The fraction of sp³-hybridized carbons (Fsp3) is 0.500. The van der Waals surface area contributed by atoms with Crippen LogP contribution in [0.5, 0.6) is 0 Å². The Bertz CT molecular complexity index is 298. The molecule has 0 spiro atoms. The third-order valence-corrected chi connectivity index (χ3v) is 2.18. The van der Waals surface area contributed by atoms with Crippen LogP contribution < -0.4 is 5.32 Å². The van der Waals surface area contributed by atoms with Gasteiger partial charge in [-0.05, 0) is 13.8 Å². The molecule has 0 saturated carbocycles. The Kier molecular flexibility index (Phi) is 7.82. The molecule has 0 bridgehead atoms. The minimum absolute atomic E-state index is 0. The topological polar surface area (TPSA) is 83.5 Å². The van der Waals surface area contributed by atoms with Crippen LogP contribution in [0.25, 0.3) is 0 Å². The number of hydrogen-bond donors (Lipinski definition) is 2. The molecule has 0 aliphatic heterocycles. The summed E-state index contributed by atoms with van der Waals surface area (Å²) in [6.45, 7) is 5.90. The van der Waals surface area contributed by atoms with Crippen molar-refractivity contribution in [2.75, 3.05) is 0 Å². The number of amides is 1. The van der Waals surface area contributed by atoms with Crippen molar-refractivity contribution >= 4 is 67.4 Å². The molecule has 0 saturated heterocycles. The fourth-order valence-electron chi connectivity index (χ4n) is 0.382. The van der Waals surface area contributed by atoms with Gasteiger partial charge in [0.25, 0.3) is 10.1 Å². The Labute approximate surface area is 120 Å². The van der Waals surface area contributed by atoms with Gasteiger partial charge in [0, 0.05) is 5.57 Å². The van der Waals surface area contributed by atoms with E-state index in [2.05, 4.69) is 6.58 Å². The maximum absolute atomic E-state index is 10.8. The summed E-state index contributed by atoms with van der Waals surface area (Å²) < 4.78 is 29.2. The van der Waals surface area contributed by atoms with Crippen molar-refractivity contribution in [3.8, 4) is 0 Å². The number of nitrogens with one attached hydrogen (secondary N) is 1. The molecule has 0 aromatic rings. The Balaban J connectivity index is 0. The summed E-state index contributed by atoms with van der Waals surface area (Å²) in [6.07, 6.45) is 0. The molecule has 0 aromatic carbocycles. The second-order valence-electron chi connectivity index (χ2n) is 2.41. The van der Waals surface area contributed by atoms with Gasteiger partial charge in [0.15, 0.2) is 5.37 Å². The molecule has 0 aliphatic rings. The second-order valence-corrected chi connectivity index (χ2v) is 4.15. The van der Waals surface area contributed by atoms with E-state index in [1.54, 1.807) is 0 Å². The van der Waals surface area contributed by atoms with E-state index in [1.807, 2.05) is 5.32 Å². The Hall–Kier alpha value is 0.756. The van der Waals surface area contributed by atoms with E-state index in [4.69, 9.17) is 4.55 Å². The SMILES string of the molecule is C=C(C)C(=O)NC(C)S(=O)(=O)O.[KH]. The molecular weight excluding hydrogens is 221 g/mol. The number of carbonyl (C=O) groups is 1. The van der Waals surface area contributed by atoms with Crippen LogP contribution in [0.3, 0.4) is 0 Å². The molecule has 0 rings (SSSR count). The number of rotatable bonds is 3. The summed E-state index contributed by atoms with van der Waals surface area (Å²) in [7, 11) is -4.20. The summed E-state index contributed by atoms with van der Waals surface area (Å²) in [6, 6.07) is 0. The number of hydrogen-bond acceptors (Lipinski definition) is 3. The van der Waals surface area contributed by atoms with Gasteiger partial charge in [-0.2, -0.15) is 8.42 Å². The van der Waals surface area contributed by atoms with Crippen LogP contribution in [0.1, 0.15) is 13.8 Å². The van der Waals surface area contributed by atoms with Crippen LogP contribution in [-0.4, -0.2) is 75.6 Å². The summed E-state index contributed by atoms with van der Waals surface area (Å²) >= 11 is 0. The average Bonchev–Trinajstić information content (AvgIpc) is 1.85. The van der Waals surface area contributed by atoms with Gasteiger partial charge < -0.3 is 5.32 Å². The molecule has 2 N–H and O–H groups in total. The van der Waals surface area contributed by atoms with Gasteiger partial charge in [-0.1, -0.05) is 6.58 Å². The molecule has 0 heterocycles. The molecule has 0 aromatic heterocycles. The summed E-state index contributed by atoms with van der Waals surface area (Å²) in [5.74, 6) is -0.597. The molecule has 0 fully saturated rings. The first-order chi connectivity index (χ1) is 5.25. The fourth-order valence-corrected chi connectivity index (χ4v) is 0.638. The van der Waals surface area contributed by atoms with Crippen molar-refractivity contribution < 1.29 is 17.8 Å². The normalized spacial score (nSPS) is 12.5. The summed E-state index contributed by atoms with van der Waals surface area (Å²) in [5, 5.41) is 0.739. The maximum atomic E-state index is 10.8. The monoisotopic (exact) mass is 233 g/mol. The predicted octanol–water partition coefficient (Wildman–Crippen LogP) is -0.736. The van der Waals surface area contributed by atoms with Crippen molar-refractivity contribution in [3.63, 3.8) is 0 Å². The zero-order chi connectivity index (χ0) is 9.94. The Morgan fingerprint density at radius 2 is 1.92 bits per heavy atom. The molecule has 1 unspecified atom stereocenters. The molecule has 72 valence electrons. The number of carbonyl (C=O) groups excluding carboxylic acids is 1. The van der Waals surface area contributed by atoms with Gasteiger partial charge in [-0.15, -0.1) is 0 Å². The van der Waals surface area contributed by atoms with Crippen molar-refractivity contribution in [2.24, 2.45) is 0 Å². The first-order valence-corrected chi connectivity index (χ1v) is 4.68. The molecular formula is C6H12KNO4S. The van der Waals surface area contributed by atoms with Gasteiger partial charge in [-0.25, -0.2) is 0 Å². The van der Waals surface area contributed by atoms with E-state index in [9.17, 15) is 13.2 Å². The van der Waals surface area contributed by atoms with E-state index < -0.39 is 21.4 Å². The van der Waals surface area contributed by atoms with E-state index in [1.165, 1.54) is 6.92 Å². The Morgan fingerprint density at radius 3 is 2.15 bits per heavy atom. The Morgan fingerprint density at radius 1 is 1.54 bits per heavy atom. The first kappa shape index (κ1) is 16.2. The predicted molar refractivity (Wildman–Crippen MR) is 51.1 cm³/mol. The van der Waals surface area contributed by atoms with Crippen LogP contribution >= 0.6 is 0 Å². The third kappa shape index (κ3) is 6.78. The minimum atomic E-state index is -4.20. The van der Waals surface area contributed by atoms with Gasteiger partial charge >= 0.3 is 51.4 Å². The molecule has 7 heteroatoms. The van der Waals surface area contributed by atoms with Crippen LogP contribution in [-0.2, 0) is 14.9 Å². The quantitative estimate of drug-likeness (QED) is 0.382. The van der Waals surface area contributed by atoms with Crippen LogP contribution in [0.2, 0.25) is 0 Å². The van der Waals surface area contributed by atoms with Crippen molar-refractivity contribution in [3.05, 3.63) is 12.2 Å². The molecule has 0 radical (unpaired) electrons. The molecule has 1 atom stereocenters. The van der Waals surface area contributed by atoms with E-state index in [0.29, 0.717) is 0 Å². The first-order valence-electron chi connectivity index (χ1n) is 3.18. The summed E-state index contributed by atoms with van der Waals surface area (Å²) in [5.41, 5.74) is 0.186. The average molecular weight is 233 g/mol. The van der Waals surface area contributed by atoms with Crippen LogP contribution in [0, 0.1) is 0 Å². The van der Waals surface area contributed by atoms with Crippen LogP contribution in [0.4, 0.5) is 0 Å². The third-order valence-electron chi connectivity index (χ3n) is 1.17. The zero-order valence-corrected chi connectivity index (χ0v) is 7.68. The summed E-state index contributed by atoms with van der Waals surface area (Å²) in [4.78, 5) is 10.8. The van der Waals surface area contributed by atoms with Crippen LogP contribution in [0.15, 0.2) is 12.2 Å². The molecule has 5 nitrogen and oxygen atoms in total. The zero-order valence-electron chi connectivity index (χ0n) is 6.86. The van der Waals surface area contributed by atoms with E-state index >= 15 is 0 Å². The molecule has 13 heavy (non-hydrogen) atoms. The standard InChI is InChI=1S/C6H11NO4S.K.H/c1-4(2)6(8)7-5(3)12(9,10)11;;/h5H,1H2,2-3H3,(H,7,8)(H,9,10,11);;. The van der Waals surface area contributed by atoms with Crippen molar-refractivity contribution in [2.45, 2.75) is 19.2 Å². The van der Waals surface area contributed by atoms with E-state index in [0.717, 1.165) is 6.92 Å². The van der Waals surface area contributed by atoms with Crippen molar-refractivity contribution in [1.29, 1.82) is 0 Å². The van der Waals surface area contributed by atoms with Gasteiger partial charge in [0.2, 0.25) is 5.91 Å². The van der Waals surface area contributed by atoms with Gasteiger partial charge in [0.05, 0.1) is 0 Å².